The SMILES string of the molecule is CCCNCCCc1nnc(-c2cc(F)ccc2C)s1. The van der Waals surface area contributed by atoms with Crippen LogP contribution >= 0.6 is 11.3 Å². The zero-order valence-corrected chi connectivity index (χ0v) is 12.8. The lowest BCUT2D eigenvalue weighted by Gasteiger charge is -2.01. The fourth-order valence-corrected chi connectivity index (χ4v) is 2.92. The van der Waals surface area contributed by atoms with E-state index in [-0.39, 0.29) is 5.82 Å². The molecule has 1 N–H and O–H groups in total. The predicted octanol–water partition coefficient (Wildman–Crippen LogP) is 3.58. The van der Waals surface area contributed by atoms with Gasteiger partial charge < -0.3 is 5.32 Å². The minimum absolute atomic E-state index is 0.230. The Kier molecular flexibility index (Phi) is 5.61. The standard InChI is InChI=1S/C15H20FN3S/c1-3-8-17-9-4-5-14-18-19-15(20-14)13-10-12(16)7-6-11(13)2/h6-7,10,17H,3-5,8-9H2,1-2H3. The summed E-state index contributed by atoms with van der Waals surface area (Å²) in [5.74, 6) is -0.230. The fraction of sp³-hybridized carbons (Fsp3) is 0.467. The molecule has 2 aromatic rings. The lowest BCUT2D eigenvalue weighted by atomic mass is 10.1. The third-order valence-electron chi connectivity index (χ3n) is 3.07. The lowest BCUT2D eigenvalue weighted by Crippen LogP contribution is -2.16. The van der Waals surface area contributed by atoms with Crippen molar-refractivity contribution in [2.75, 3.05) is 13.1 Å². The average molecular weight is 293 g/mol. The molecule has 0 saturated heterocycles. The van der Waals surface area contributed by atoms with Crippen molar-refractivity contribution in [1.29, 1.82) is 0 Å². The zero-order valence-electron chi connectivity index (χ0n) is 11.9. The summed E-state index contributed by atoms with van der Waals surface area (Å²) in [4.78, 5) is 0. The number of aryl methyl sites for hydroxylation is 2. The third-order valence-corrected chi connectivity index (χ3v) is 4.08. The van der Waals surface area contributed by atoms with Gasteiger partial charge in [0.25, 0.3) is 0 Å². The summed E-state index contributed by atoms with van der Waals surface area (Å²) < 4.78 is 13.3. The van der Waals surface area contributed by atoms with E-state index in [1.165, 1.54) is 12.1 Å². The molecule has 0 aliphatic heterocycles. The van der Waals surface area contributed by atoms with Crippen LogP contribution < -0.4 is 5.32 Å². The topological polar surface area (TPSA) is 37.8 Å². The minimum atomic E-state index is -0.230. The van der Waals surface area contributed by atoms with Crippen LogP contribution in [0, 0.1) is 12.7 Å². The van der Waals surface area contributed by atoms with E-state index in [0.29, 0.717) is 0 Å². The van der Waals surface area contributed by atoms with Crippen LogP contribution in [-0.2, 0) is 6.42 Å². The van der Waals surface area contributed by atoms with Crippen LogP contribution in [0.4, 0.5) is 4.39 Å². The van der Waals surface area contributed by atoms with Gasteiger partial charge in [0.2, 0.25) is 0 Å². The van der Waals surface area contributed by atoms with Gasteiger partial charge in [0.05, 0.1) is 0 Å². The molecular weight excluding hydrogens is 273 g/mol. The second kappa shape index (κ2) is 7.45. The minimum Gasteiger partial charge on any atom is -0.317 e. The van der Waals surface area contributed by atoms with Crippen molar-refractivity contribution in [1.82, 2.24) is 15.5 Å². The van der Waals surface area contributed by atoms with Gasteiger partial charge in [-0.1, -0.05) is 24.3 Å². The van der Waals surface area contributed by atoms with Crippen molar-refractivity contribution in [3.8, 4) is 10.6 Å². The van der Waals surface area contributed by atoms with E-state index in [9.17, 15) is 4.39 Å². The van der Waals surface area contributed by atoms with Crippen molar-refractivity contribution in [2.24, 2.45) is 0 Å². The number of nitrogens with one attached hydrogen (secondary N) is 1. The molecule has 0 unspecified atom stereocenters. The van der Waals surface area contributed by atoms with Gasteiger partial charge in [-0.2, -0.15) is 0 Å². The van der Waals surface area contributed by atoms with Crippen molar-refractivity contribution in [3.05, 3.63) is 34.6 Å². The fourth-order valence-electron chi connectivity index (χ4n) is 1.95. The van der Waals surface area contributed by atoms with Gasteiger partial charge >= 0.3 is 0 Å². The maximum Gasteiger partial charge on any atom is 0.148 e. The quantitative estimate of drug-likeness (QED) is 0.793. The van der Waals surface area contributed by atoms with Crippen molar-refractivity contribution in [3.63, 3.8) is 0 Å². The Bertz CT molecular complexity index is 554. The number of nitrogens with zero attached hydrogens (tertiary/aromatic N) is 2. The van der Waals surface area contributed by atoms with E-state index in [1.807, 2.05) is 6.92 Å². The second-order valence-electron chi connectivity index (χ2n) is 4.81. The molecule has 0 aliphatic carbocycles. The molecule has 0 radical (unpaired) electrons. The van der Waals surface area contributed by atoms with Crippen LogP contribution in [0.15, 0.2) is 18.2 Å². The van der Waals surface area contributed by atoms with Crippen molar-refractivity contribution >= 4 is 11.3 Å². The van der Waals surface area contributed by atoms with Gasteiger partial charge in [0.1, 0.15) is 15.8 Å². The van der Waals surface area contributed by atoms with Crippen LogP contribution in [0.1, 0.15) is 30.3 Å². The molecular formula is C15H20FN3S. The monoisotopic (exact) mass is 293 g/mol. The Labute approximate surface area is 123 Å². The highest BCUT2D eigenvalue weighted by molar-refractivity contribution is 7.14. The van der Waals surface area contributed by atoms with E-state index in [2.05, 4.69) is 22.4 Å². The lowest BCUT2D eigenvalue weighted by molar-refractivity contribution is 0.628. The molecule has 0 bridgehead atoms. The van der Waals surface area contributed by atoms with E-state index >= 15 is 0 Å². The summed E-state index contributed by atoms with van der Waals surface area (Å²) in [7, 11) is 0. The first-order valence-electron chi connectivity index (χ1n) is 7.00. The van der Waals surface area contributed by atoms with Crippen molar-refractivity contribution in [2.45, 2.75) is 33.1 Å². The molecule has 0 aliphatic rings. The van der Waals surface area contributed by atoms with Gasteiger partial charge in [0, 0.05) is 12.0 Å². The first-order chi connectivity index (χ1) is 9.70. The molecule has 0 atom stereocenters. The van der Waals surface area contributed by atoms with Gasteiger partial charge in [-0.15, -0.1) is 10.2 Å². The molecule has 1 heterocycles. The normalized spacial score (nSPS) is 10.9. The largest absolute Gasteiger partial charge is 0.317 e. The van der Waals surface area contributed by atoms with Gasteiger partial charge in [-0.05, 0) is 50.6 Å². The van der Waals surface area contributed by atoms with Crippen LogP contribution in [0.2, 0.25) is 0 Å². The Morgan fingerprint density at radius 3 is 2.90 bits per heavy atom. The van der Waals surface area contributed by atoms with E-state index < -0.39 is 0 Å². The van der Waals surface area contributed by atoms with Gasteiger partial charge in [0.15, 0.2) is 0 Å². The maximum atomic E-state index is 13.3. The molecule has 108 valence electrons. The summed E-state index contributed by atoms with van der Waals surface area (Å²) >= 11 is 1.56. The second-order valence-corrected chi connectivity index (χ2v) is 5.88. The first kappa shape index (κ1) is 15.1. The summed E-state index contributed by atoms with van der Waals surface area (Å²) in [5, 5.41) is 13.6. The molecule has 0 saturated carbocycles. The van der Waals surface area contributed by atoms with Crippen molar-refractivity contribution < 1.29 is 4.39 Å². The van der Waals surface area contributed by atoms with Gasteiger partial charge in [-0.25, -0.2) is 4.39 Å². The summed E-state index contributed by atoms with van der Waals surface area (Å²) in [6.45, 7) is 6.18. The van der Waals surface area contributed by atoms with Crippen LogP contribution in [0.5, 0.6) is 0 Å². The number of hydrogen-bond donors (Lipinski definition) is 1. The summed E-state index contributed by atoms with van der Waals surface area (Å²) in [6, 6.07) is 4.78. The summed E-state index contributed by atoms with van der Waals surface area (Å²) in [6.07, 6.45) is 3.13. The zero-order chi connectivity index (χ0) is 14.4. The van der Waals surface area contributed by atoms with Crippen LogP contribution in [0.3, 0.4) is 0 Å². The average Bonchev–Trinajstić information content (AvgIpc) is 2.90. The number of benzene rings is 1. The molecule has 1 aromatic carbocycles. The van der Waals surface area contributed by atoms with Gasteiger partial charge in [-0.3, -0.25) is 0 Å². The molecule has 3 nitrogen and oxygen atoms in total. The summed E-state index contributed by atoms with van der Waals surface area (Å²) in [5.41, 5.74) is 1.87. The molecule has 20 heavy (non-hydrogen) atoms. The van der Waals surface area contributed by atoms with Crippen LogP contribution in [-0.4, -0.2) is 23.3 Å². The smallest absolute Gasteiger partial charge is 0.148 e. The third kappa shape index (κ3) is 4.08. The van der Waals surface area contributed by atoms with Crippen LogP contribution in [0.25, 0.3) is 10.6 Å². The predicted molar refractivity (Wildman–Crippen MR) is 81.5 cm³/mol. The van der Waals surface area contributed by atoms with E-state index in [0.717, 1.165) is 53.5 Å². The van der Waals surface area contributed by atoms with E-state index in [4.69, 9.17) is 0 Å². The molecule has 5 heteroatoms. The first-order valence-corrected chi connectivity index (χ1v) is 7.82. The Balaban J connectivity index is 1.96. The number of aromatic nitrogens is 2. The molecule has 0 fully saturated rings. The number of hydrogen-bond acceptors (Lipinski definition) is 4. The molecule has 2 rings (SSSR count). The highest BCUT2D eigenvalue weighted by Gasteiger charge is 2.10. The highest BCUT2D eigenvalue weighted by Crippen LogP contribution is 2.27. The van der Waals surface area contributed by atoms with E-state index in [1.54, 1.807) is 17.4 Å². The molecule has 0 spiro atoms. The number of rotatable bonds is 7. The number of halogens is 1. The highest BCUT2D eigenvalue weighted by atomic mass is 32.1. The molecule has 1 aromatic heterocycles. The Hall–Kier alpha value is -1.33. The molecule has 0 amide bonds. The maximum absolute atomic E-state index is 13.3. The Morgan fingerprint density at radius 1 is 1.25 bits per heavy atom. The Morgan fingerprint density at radius 2 is 2.10 bits per heavy atom.